The molecule has 0 bridgehead atoms. The lowest BCUT2D eigenvalue weighted by atomic mass is 9.99. The first-order valence-corrected chi connectivity index (χ1v) is 6.36. The van der Waals surface area contributed by atoms with Crippen LogP contribution in [0, 0.1) is 11.3 Å². The lowest BCUT2D eigenvalue weighted by Gasteiger charge is -2.34. The van der Waals surface area contributed by atoms with Gasteiger partial charge in [0.15, 0.2) is 5.82 Å². The number of aryl methyl sites for hydroxylation is 1. The van der Waals surface area contributed by atoms with Crippen LogP contribution in [-0.2, 0) is 6.42 Å². The van der Waals surface area contributed by atoms with Crippen molar-refractivity contribution in [3.05, 3.63) is 11.3 Å². The molecule has 3 N–H and O–H groups in total. The summed E-state index contributed by atoms with van der Waals surface area (Å²) in [5, 5.41) is 15.7. The van der Waals surface area contributed by atoms with E-state index in [0.717, 1.165) is 31.5 Å². The van der Waals surface area contributed by atoms with Crippen molar-refractivity contribution in [1.82, 2.24) is 15.1 Å². The molecule has 0 aliphatic rings. The van der Waals surface area contributed by atoms with Gasteiger partial charge in [-0.15, -0.1) is 0 Å². The molecular formula is C13H23N5. The van der Waals surface area contributed by atoms with Gasteiger partial charge in [0.1, 0.15) is 11.6 Å². The average molecular weight is 249 g/mol. The van der Waals surface area contributed by atoms with Crippen LogP contribution in [0.5, 0.6) is 0 Å². The molecule has 1 aromatic rings. The minimum atomic E-state index is 0.213. The molecule has 0 aliphatic heterocycles. The minimum absolute atomic E-state index is 0.213. The van der Waals surface area contributed by atoms with Crippen molar-refractivity contribution in [2.45, 2.75) is 45.6 Å². The van der Waals surface area contributed by atoms with Gasteiger partial charge in [-0.1, -0.05) is 6.92 Å². The summed E-state index contributed by atoms with van der Waals surface area (Å²) in [4.78, 5) is 2.35. The molecule has 0 unspecified atom stereocenters. The Kier molecular flexibility index (Phi) is 4.74. The van der Waals surface area contributed by atoms with Crippen LogP contribution in [0.4, 0.5) is 5.82 Å². The first kappa shape index (κ1) is 14.5. The number of hydrogen-bond donors (Lipinski definition) is 2. The number of hydrogen-bond acceptors (Lipinski definition) is 4. The third-order valence-electron chi connectivity index (χ3n) is 3.80. The highest BCUT2D eigenvalue weighted by Gasteiger charge is 2.20. The number of H-pyrrole nitrogens is 1. The lowest BCUT2D eigenvalue weighted by molar-refractivity contribution is 0.149. The van der Waals surface area contributed by atoms with E-state index in [1.54, 1.807) is 0 Å². The third-order valence-corrected chi connectivity index (χ3v) is 3.80. The molecule has 5 heteroatoms. The summed E-state index contributed by atoms with van der Waals surface area (Å²) < 4.78 is 0. The predicted octanol–water partition coefficient (Wildman–Crippen LogP) is 1.92. The van der Waals surface area contributed by atoms with Gasteiger partial charge in [0.05, 0.1) is 5.69 Å². The summed E-state index contributed by atoms with van der Waals surface area (Å²) in [6, 6.07) is 2.09. The van der Waals surface area contributed by atoms with E-state index in [0.29, 0.717) is 11.4 Å². The molecule has 0 amide bonds. The second kappa shape index (κ2) is 5.87. The van der Waals surface area contributed by atoms with E-state index in [1.807, 2.05) is 0 Å². The van der Waals surface area contributed by atoms with E-state index in [9.17, 15) is 0 Å². The molecule has 0 spiro atoms. The molecule has 0 fully saturated rings. The number of aromatic nitrogens is 2. The number of nitrogens with zero attached hydrogens (tertiary/aromatic N) is 3. The van der Waals surface area contributed by atoms with Crippen molar-refractivity contribution in [1.29, 1.82) is 5.26 Å². The zero-order valence-corrected chi connectivity index (χ0v) is 11.7. The van der Waals surface area contributed by atoms with E-state index in [4.69, 9.17) is 11.0 Å². The van der Waals surface area contributed by atoms with Gasteiger partial charge < -0.3 is 10.6 Å². The maximum Gasteiger partial charge on any atom is 0.163 e. The van der Waals surface area contributed by atoms with Crippen molar-refractivity contribution in [3.63, 3.8) is 0 Å². The Hall–Kier alpha value is -1.54. The van der Waals surface area contributed by atoms with Crippen molar-refractivity contribution in [3.8, 4) is 6.07 Å². The maximum atomic E-state index is 8.96. The fourth-order valence-electron chi connectivity index (χ4n) is 1.77. The SMILES string of the molecule is CCC(C)(C)N(C)CCCc1[nH]nc(N)c1C#N. The van der Waals surface area contributed by atoms with Crippen LogP contribution < -0.4 is 5.73 Å². The Morgan fingerprint density at radius 1 is 1.50 bits per heavy atom. The van der Waals surface area contributed by atoms with Gasteiger partial charge in [-0.3, -0.25) is 5.10 Å². The van der Waals surface area contributed by atoms with E-state index in [-0.39, 0.29) is 5.54 Å². The number of nitrogens with one attached hydrogen (secondary N) is 1. The van der Waals surface area contributed by atoms with Crippen LogP contribution in [0.2, 0.25) is 0 Å². The number of nitriles is 1. The molecule has 18 heavy (non-hydrogen) atoms. The van der Waals surface area contributed by atoms with Crippen LogP contribution in [0.15, 0.2) is 0 Å². The molecule has 0 aromatic carbocycles. The molecule has 0 saturated carbocycles. The summed E-state index contributed by atoms with van der Waals surface area (Å²) in [7, 11) is 2.13. The van der Waals surface area contributed by atoms with Crippen LogP contribution in [0.25, 0.3) is 0 Å². The lowest BCUT2D eigenvalue weighted by Crippen LogP contribution is -2.41. The minimum Gasteiger partial charge on any atom is -0.381 e. The Balaban J connectivity index is 2.50. The highest BCUT2D eigenvalue weighted by atomic mass is 15.2. The van der Waals surface area contributed by atoms with Gasteiger partial charge >= 0.3 is 0 Å². The molecular weight excluding hydrogens is 226 g/mol. The quantitative estimate of drug-likeness (QED) is 0.807. The van der Waals surface area contributed by atoms with Crippen LogP contribution in [0.3, 0.4) is 0 Å². The fraction of sp³-hybridized carbons (Fsp3) is 0.692. The topological polar surface area (TPSA) is 81.7 Å². The van der Waals surface area contributed by atoms with Gasteiger partial charge in [0, 0.05) is 5.54 Å². The zero-order valence-electron chi connectivity index (χ0n) is 11.7. The molecule has 1 rings (SSSR count). The summed E-state index contributed by atoms with van der Waals surface area (Å²) in [5.74, 6) is 0.301. The van der Waals surface area contributed by atoms with E-state index in [2.05, 4.69) is 49.0 Å². The van der Waals surface area contributed by atoms with Gasteiger partial charge in [0.25, 0.3) is 0 Å². The third kappa shape index (κ3) is 3.23. The molecule has 0 aliphatic carbocycles. The van der Waals surface area contributed by atoms with Crippen LogP contribution in [0.1, 0.15) is 44.9 Å². The number of rotatable bonds is 6. The monoisotopic (exact) mass is 249 g/mol. The fourth-order valence-corrected chi connectivity index (χ4v) is 1.77. The summed E-state index contributed by atoms with van der Waals surface area (Å²) in [5.41, 5.74) is 7.15. The van der Waals surface area contributed by atoms with Crippen molar-refractivity contribution in [2.24, 2.45) is 0 Å². The first-order chi connectivity index (χ1) is 8.42. The maximum absolute atomic E-state index is 8.96. The van der Waals surface area contributed by atoms with E-state index in [1.165, 1.54) is 0 Å². The Bertz CT molecular complexity index is 427. The Morgan fingerprint density at radius 3 is 2.72 bits per heavy atom. The molecule has 0 atom stereocenters. The smallest absolute Gasteiger partial charge is 0.163 e. The second-order valence-electron chi connectivity index (χ2n) is 5.27. The van der Waals surface area contributed by atoms with Crippen LogP contribution >= 0.6 is 0 Å². The van der Waals surface area contributed by atoms with Gasteiger partial charge in [-0.25, -0.2) is 0 Å². The Morgan fingerprint density at radius 2 is 2.17 bits per heavy atom. The number of aromatic amines is 1. The zero-order chi connectivity index (χ0) is 13.8. The Labute approximate surface area is 109 Å². The second-order valence-corrected chi connectivity index (χ2v) is 5.27. The molecule has 5 nitrogen and oxygen atoms in total. The average Bonchev–Trinajstić information content (AvgIpc) is 2.69. The molecule has 0 saturated heterocycles. The standard InChI is InChI=1S/C13H23N5/c1-5-13(2,3)18(4)8-6-7-11-10(9-14)12(15)17-16-11/h5-8H2,1-4H3,(H3,15,16,17). The summed E-state index contributed by atoms with van der Waals surface area (Å²) in [6.45, 7) is 7.66. The molecule has 100 valence electrons. The molecule has 1 heterocycles. The number of nitrogens with two attached hydrogens (primary N) is 1. The van der Waals surface area contributed by atoms with Gasteiger partial charge in [0.2, 0.25) is 0 Å². The summed E-state index contributed by atoms with van der Waals surface area (Å²) in [6.07, 6.45) is 2.90. The summed E-state index contributed by atoms with van der Waals surface area (Å²) >= 11 is 0. The highest BCUT2D eigenvalue weighted by Crippen LogP contribution is 2.18. The van der Waals surface area contributed by atoms with Gasteiger partial charge in [-0.05, 0) is 46.7 Å². The van der Waals surface area contributed by atoms with Crippen molar-refractivity contribution < 1.29 is 0 Å². The predicted molar refractivity (Wildman–Crippen MR) is 73.0 cm³/mol. The molecule has 0 radical (unpaired) electrons. The van der Waals surface area contributed by atoms with Gasteiger partial charge in [-0.2, -0.15) is 10.4 Å². The normalized spacial score (nSPS) is 11.8. The number of nitrogen functional groups attached to an aromatic ring is 1. The highest BCUT2D eigenvalue weighted by molar-refractivity contribution is 5.50. The van der Waals surface area contributed by atoms with Crippen molar-refractivity contribution >= 4 is 5.82 Å². The van der Waals surface area contributed by atoms with E-state index < -0.39 is 0 Å². The first-order valence-electron chi connectivity index (χ1n) is 6.36. The van der Waals surface area contributed by atoms with Crippen molar-refractivity contribution in [2.75, 3.05) is 19.3 Å². The molecule has 1 aromatic heterocycles. The van der Waals surface area contributed by atoms with Crippen LogP contribution in [-0.4, -0.2) is 34.2 Å². The largest absolute Gasteiger partial charge is 0.381 e. The van der Waals surface area contributed by atoms with E-state index >= 15 is 0 Å². The number of anilines is 1.